The van der Waals surface area contributed by atoms with E-state index in [4.69, 9.17) is 4.74 Å². The number of hydrogen-bond acceptors (Lipinski definition) is 4. The van der Waals surface area contributed by atoms with E-state index in [2.05, 4.69) is 0 Å². The van der Waals surface area contributed by atoms with Crippen LogP contribution in [0.15, 0.2) is 12.2 Å². The Morgan fingerprint density at radius 2 is 2.36 bits per heavy atom. The maximum absolute atomic E-state index is 11.4. The Balaban J connectivity index is 2.25. The summed E-state index contributed by atoms with van der Waals surface area (Å²) in [5.74, 6) is -0.309. The van der Waals surface area contributed by atoms with Crippen LogP contribution in [0.2, 0.25) is 0 Å². The van der Waals surface area contributed by atoms with Crippen LogP contribution in [-0.4, -0.2) is 42.9 Å². The maximum Gasteiger partial charge on any atom is 0.310 e. The van der Waals surface area contributed by atoms with Crippen molar-refractivity contribution < 1.29 is 14.3 Å². The number of ether oxygens (including phenoxy) is 1. The van der Waals surface area contributed by atoms with Gasteiger partial charge >= 0.3 is 5.97 Å². The van der Waals surface area contributed by atoms with E-state index in [1.807, 2.05) is 11.9 Å². The summed E-state index contributed by atoms with van der Waals surface area (Å²) < 4.78 is 4.72. The van der Waals surface area contributed by atoms with Crippen LogP contribution in [0.25, 0.3) is 0 Å². The molecule has 76 valence electrons. The molecule has 4 nitrogen and oxygen atoms in total. The fourth-order valence-corrected chi connectivity index (χ4v) is 2.32. The van der Waals surface area contributed by atoms with Gasteiger partial charge < -0.3 is 4.74 Å². The molecule has 0 amide bonds. The molecule has 2 heterocycles. The van der Waals surface area contributed by atoms with E-state index in [0.717, 1.165) is 0 Å². The fraction of sp³-hybridized carbons (Fsp3) is 0.600. The van der Waals surface area contributed by atoms with Gasteiger partial charge in [0.2, 0.25) is 0 Å². The van der Waals surface area contributed by atoms with Crippen LogP contribution in [0.3, 0.4) is 0 Å². The lowest BCUT2D eigenvalue weighted by Crippen LogP contribution is -2.40. The smallest absolute Gasteiger partial charge is 0.310 e. The normalized spacial score (nSPS) is 36.1. The van der Waals surface area contributed by atoms with Crippen molar-refractivity contribution in [2.24, 2.45) is 5.92 Å². The summed E-state index contributed by atoms with van der Waals surface area (Å²) in [6.07, 6.45) is 3.96. The summed E-state index contributed by atoms with van der Waals surface area (Å²) in [6, 6.07) is -0.0979. The molecule has 1 fully saturated rings. The molecule has 0 saturated carbocycles. The second-order valence-electron chi connectivity index (χ2n) is 3.80. The van der Waals surface area contributed by atoms with Gasteiger partial charge in [0.05, 0.1) is 19.1 Å². The van der Waals surface area contributed by atoms with E-state index in [1.54, 1.807) is 12.2 Å². The van der Waals surface area contributed by atoms with Crippen molar-refractivity contribution in [3.63, 3.8) is 0 Å². The summed E-state index contributed by atoms with van der Waals surface area (Å²) in [5, 5.41) is 0. The minimum Gasteiger partial charge on any atom is -0.469 e. The third kappa shape index (κ3) is 1.18. The van der Waals surface area contributed by atoms with E-state index >= 15 is 0 Å². The summed E-state index contributed by atoms with van der Waals surface area (Å²) in [5.41, 5.74) is 0. The van der Waals surface area contributed by atoms with E-state index in [1.165, 1.54) is 7.11 Å². The molecule has 14 heavy (non-hydrogen) atoms. The lowest BCUT2D eigenvalue weighted by molar-refractivity contribution is -0.145. The van der Waals surface area contributed by atoms with Crippen molar-refractivity contribution in [2.75, 3.05) is 14.2 Å². The first kappa shape index (κ1) is 9.40. The minimum absolute atomic E-state index is 0.0325. The number of nitrogens with zero attached hydrogens (tertiary/aromatic N) is 1. The molecule has 2 aliphatic rings. The van der Waals surface area contributed by atoms with Gasteiger partial charge in [-0.25, -0.2) is 0 Å². The van der Waals surface area contributed by atoms with Gasteiger partial charge in [-0.2, -0.15) is 0 Å². The van der Waals surface area contributed by atoms with Crippen molar-refractivity contribution in [2.45, 2.75) is 18.5 Å². The Morgan fingerprint density at radius 3 is 2.93 bits per heavy atom. The number of likely N-dealkylation sites (N-methyl/N-ethyl adjacent to an activating group) is 1. The van der Waals surface area contributed by atoms with Gasteiger partial charge in [0.25, 0.3) is 0 Å². The number of methoxy groups -OCH3 is 1. The predicted molar refractivity (Wildman–Crippen MR) is 49.6 cm³/mol. The molecular formula is C10H13NO3. The fourth-order valence-electron chi connectivity index (χ4n) is 2.32. The maximum atomic E-state index is 11.4. The highest BCUT2D eigenvalue weighted by atomic mass is 16.5. The molecule has 0 unspecified atom stereocenters. The molecule has 0 aliphatic carbocycles. The van der Waals surface area contributed by atoms with E-state index in [0.29, 0.717) is 6.42 Å². The molecule has 3 atom stereocenters. The molecule has 4 heteroatoms. The number of rotatable bonds is 1. The first-order valence-electron chi connectivity index (χ1n) is 4.67. The van der Waals surface area contributed by atoms with Gasteiger partial charge in [-0.3, -0.25) is 14.5 Å². The number of ketones is 1. The highest BCUT2D eigenvalue weighted by Crippen LogP contribution is 2.33. The van der Waals surface area contributed by atoms with Gasteiger partial charge in [0.1, 0.15) is 0 Å². The molecule has 0 N–H and O–H groups in total. The standard InChI is InChI=1S/C10H13NO3/c1-11-7-3-4-9(12)8(11)5-6(7)10(13)14-2/h3-4,6-8H,5H2,1-2H3/t6-,7+,8+/m1/s1. The zero-order valence-corrected chi connectivity index (χ0v) is 8.27. The van der Waals surface area contributed by atoms with Crippen molar-refractivity contribution in [1.82, 2.24) is 4.90 Å². The summed E-state index contributed by atoms with van der Waals surface area (Å²) in [7, 11) is 3.26. The lowest BCUT2D eigenvalue weighted by Gasteiger charge is -2.26. The highest BCUT2D eigenvalue weighted by Gasteiger charge is 2.46. The minimum atomic E-state index is -0.219. The Morgan fingerprint density at radius 1 is 1.64 bits per heavy atom. The van der Waals surface area contributed by atoms with Crippen LogP contribution in [0, 0.1) is 5.92 Å². The van der Waals surface area contributed by atoms with Crippen LogP contribution in [0.5, 0.6) is 0 Å². The van der Waals surface area contributed by atoms with E-state index in [-0.39, 0.29) is 29.8 Å². The molecular weight excluding hydrogens is 182 g/mol. The Labute approximate surface area is 82.5 Å². The molecule has 0 radical (unpaired) electrons. The average molecular weight is 195 g/mol. The Kier molecular flexibility index (Phi) is 2.15. The molecule has 0 spiro atoms. The van der Waals surface area contributed by atoms with Crippen LogP contribution < -0.4 is 0 Å². The second-order valence-corrected chi connectivity index (χ2v) is 3.80. The average Bonchev–Trinajstić information content (AvgIpc) is 2.39. The summed E-state index contributed by atoms with van der Waals surface area (Å²) in [6.45, 7) is 0. The van der Waals surface area contributed by atoms with Crippen molar-refractivity contribution in [1.29, 1.82) is 0 Å². The highest BCUT2D eigenvalue weighted by molar-refractivity contribution is 5.97. The van der Waals surface area contributed by atoms with Gasteiger partial charge in [0, 0.05) is 6.04 Å². The number of carbonyl (C=O) groups excluding carboxylic acids is 2. The predicted octanol–water partition coefficient (Wildman–Crippen LogP) is -0.0128. The zero-order chi connectivity index (χ0) is 10.3. The molecule has 1 saturated heterocycles. The molecule has 2 aliphatic heterocycles. The first-order chi connectivity index (χ1) is 6.65. The molecule has 2 bridgehead atoms. The van der Waals surface area contributed by atoms with Crippen molar-refractivity contribution >= 4 is 11.8 Å². The Hall–Kier alpha value is -1.16. The number of carbonyl (C=O) groups is 2. The lowest BCUT2D eigenvalue weighted by atomic mass is 10.0. The van der Waals surface area contributed by atoms with Gasteiger partial charge in [0.15, 0.2) is 5.78 Å². The second kappa shape index (κ2) is 3.20. The Bertz CT molecular complexity index is 310. The molecule has 0 aromatic rings. The number of esters is 1. The van der Waals surface area contributed by atoms with Gasteiger partial charge in [-0.05, 0) is 19.5 Å². The van der Waals surface area contributed by atoms with E-state index < -0.39 is 0 Å². The summed E-state index contributed by atoms with van der Waals surface area (Å²) in [4.78, 5) is 24.8. The number of hydrogen-bond donors (Lipinski definition) is 0. The SMILES string of the molecule is COC(=O)[C@@H]1C[C@H]2C(=O)C=C[C@@H]1N2C. The first-order valence-corrected chi connectivity index (χ1v) is 4.67. The quantitative estimate of drug-likeness (QED) is 0.552. The number of fused-ring (bicyclic) bond motifs is 2. The monoisotopic (exact) mass is 195 g/mol. The summed E-state index contributed by atoms with van der Waals surface area (Å²) >= 11 is 0. The van der Waals surface area contributed by atoms with Crippen LogP contribution >= 0.6 is 0 Å². The van der Waals surface area contributed by atoms with Crippen LogP contribution in [0.1, 0.15) is 6.42 Å². The van der Waals surface area contributed by atoms with E-state index in [9.17, 15) is 9.59 Å². The van der Waals surface area contributed by atoms with Gasteiger partial charge in [-0.15, -0.1) is 0 Å². The zero-order valence-electron chi connectivity index (χ0n) is 8.27. The van der Waals surface area contributed by atoms with Crippen LogP contribution in [-0.2, 0) is 14.3 Å². The van der Waals surface area contributed by atoms with Crippen molar-refractivity contribution in [3.05, 3.63) is 12.2 Å². The van der Waals surface area contributed by atoms with Crippen molar-refractivity contribution in [3.8, 4) is 0 Å². The van der Waals surface area contributed by atoms with Crippen LogP contribution in [0.4, 0.5) is 0 Å². The topological polar surface area (TPSA) is 46.6 Å². The third-order valence-corrected chi connectivity index (χ3v) is 3.14. The van der Waals surface area contributed by atoms with Gasteiger partial charge in [-0.1, -0.05) is 6.08 Å². The molecule has 0 aromatic heterocycles. The third-order valence-electron chi connectivity index (χ3n) is 3.14. The molecule has 0 aromatic carbocycles. The molecule has 2 rings (SSSR count). The largest absolute Gasteiger partial charge is 0.469 e.